The van der Waals surface area contributed by atoms with Crippen LogP contribution in [0.15, 0.2) is 35.3 Å². The van der Waals surface area contributed by atoms with Gasteiger partial charge >= 0.3 is 0 Å². The van der Waals surface area contributed by atoms with Crippen molar-refractivity contribution in [3.8, 4) is 0 Å². The Morgan fingerprint density at radius 1 is 1.25 bits per heavy atom. The van der Waals surface area contributed by atoms with Crippen LogP contribution in [0.2, 0.25) is 0 Å². The first-order valence-corrected chi connectivity index (χ1v) is 9.29. The molecule has 2 aromatic heterocycles. The third-order valence-corrected chi connectivity index (χ3v) is 4.72. The first-order valence-electron chi connectivity index (χ1n) is 9.29. The second kappa shape index (κ2) is 6.54. The van der Waals surface area contributed by atoms with Crippen LogP contribution in [0.1, 0.15) is 50.9 Å². The van der Waals surface area contributed by atoms with E-state index in [1.165, 1.54) is 23.0 Å². The van der Waals surface area contributed by atoms with Crippen LogP contribution in [-0.2, 0) is 16.8 Å². The lowest BCUT2D eigenvalue weighted by Crippen LogP contribution is -2.37. The third-order valence-electron chi connectivity index (χ3n) is 4.72. The Labute approximate surface area is 161 Å². The van der Waals surface area contributed by atoms with Crippen molar-refractivity contribution in [3.63, 3.8) is 0 Å². The molecule has 8 heteroatoms. The van der Waals surface area contributed by atoms with Crippen LogP contribution < -0.4 is 11.0 Å². The van der Waals surface area contributed by atoms with Gasteiger partial charge in [-0.25, -0.2) is 18.7 Å². The molecule has 146 valence electrons. The zero-order chi connectivity index (χ0) is 20.1. The minimum atomic E-state index is -0.361. The summed E-state index contributed by atoms with van der Waals surface area (Å²) >= 11 is 0. The van der Waals surface area contributed by atoms with E-state index in [1.807, 2.05) is 20.8 Å². The van der Waals surface area contributed by atoms with Gasteiger partial charge in [0.1, 0.15) is 17.0 Å². The monoisotopic (exact) mass is 383 g/mol. The summed E-state index contributed by atoms with van der Waals surface area (Å²) in [4.78, 5) is 30.3. The molecule has 1 amide bonds. The maximum absolute atomic E-state index is 13.1. The molecule has 0 spiro atoms. The Hall–Kier alpha value is -3.03. The zero-order valence-corrected chi connectivity index (χ0v) is 16.1. The van der Waals surface area contributed by atoms with Gasteiger partial charge in [0.25, 0.3) is 5.56 Å². The van der Waals surface area contributed by atoms with Crippen molar-refractivity contribution in [2.75, 3.05) is 5.43 Å². The maximum atomic E-state index is 13.1. The number of rotatable bonds is 4. The molecule has 0 saturated heterocycles. The minimum absolute atomic E-state index is 0.0378. The summed E-state index contributed by atoms with van der Waals surface area (Å²) in [5.74, 6) is -0.0237. The molecule has 3 aromatic rings. The highest BCUT2D eigenvalue weighted by Gasteiger charge is 2.32. The van der Waals surface area contributed by atoms with Crippen molar-refractivity contribution in [1.82, 2.24) is 19.4 Å². The van der Waals surface area contributed by atoms with Gasteiger partial charge in [0.05, 0.1) is 18.2 Å². The van der Waals surface area contributed by atoms with Gasteiger partial charge in [-0.2, -0.15) is 5.10 Å². The van der Waals surface area contributed by atoms with Crippen molar-refractivity contribution in [1.29, 1.82) is 0 Å². The minimum Gasteiger partial charge on any atom is -0.273 e. The summed E-state index contributed by atoms with van der Waals surface area (Å²) in [7, 11) is 0. The van der Waals surface area contributed by atoms with E-state index >= 15 is 0 Å². The molecule has 1 aliphatic rings. The normalized spacial score (nSPS) is 14.4. The average Bonchev–Trinajstić information content (AvgIpc) is 3.36. The molecule has 7 nitrogen and oxygen atoms in total. The lowest BCUT2D eigenvalue weighted by molar-refractivity contribution is -0.116. The van der Waals surface area contributed by atoms with E-state index in [0.29, 0.717) is 22.4 Å². The van der Waals surface area contributed by atoms with E-state index in [4.69, 9.17) is 4.98 Å². The fourth-order valence-electron chi connectivity index (χ4n) is 3.15. The lowest BCUT2D eigenvalue weighted by atomic mass is 10.1. The molecule has 1 aromatic carbocycles. The van der Waals surface area contributed by atoms with Crippen molar-refractivity contribution in [3.05, 3.63) is 58.0 Å². The number of hydrogen-bond donors (Lipinski definition) is 1. The highest BCUT2D eigenvalue weighted by molar-refractivity contribution is 5.86. The number of amides is 1. The number of hydrogen-bond acceptors (Lipinski definition) is 4. The zero-order valence-electron chi connectivity index (χ0n) is 16.1. The fraction of sp³-hybridized carbons (Fsp3) is 0.400. The van der Waals surface area contributed by atoms with Gasteiger partial charge in [0, 0.05) is 5.92 Å². The van der Waals surface area contributed by atoms with Gasteiger partial charge in [0.2, 0.25) is 5.91 Å². The molecular formula is C20H22FN5O2. The second-order valence-electron chi connectivity index (χ2n) is 8.19. The molecular weight excluding hydrogens is 361 g/mol. The van der Waals surface area contributed by atoms with Crippen LogP contribution in [0, 0.1) is 5.82 Å². The van der Waals surface area contributed by atoms with Crippen molar-refractivity contribution < 1.29 is 9.18 Å². The number of carbonyl (C=O) groups is 1. The summed E-state index contributed by atoms with van der Waals surface area (Å²) in [6, 6.07) is 5.71. The van der Waals surface area contributed by atoms with E-state index in [2.05, 4.69) is 10.5 Å². The summed E-state index contributed by atoms with van der Waals surface area (Å²) < 4.78 is 16.0. The third kappa shape index (κ3) is 3.42. The standard InChI is InChI=1S/C20H22FN5O2/c1-20(2,3)26-18-15(11-22-26)19(28)25(17(23-18)13-6-7-13)24-16(27)10-12-4-8-14(21)9-5-12/h4-5,8-9,11,13H,6-7,10H2,1-3H3,(H,24,27). The molecule has 0 atom stereocenters. The quantitative estimate of drug-likeness (QED) is 0.751. The number of halogens is 1. The molecule has 1 aliphatic carbocycles. The number of nitrogens with one attached hydrogen (secondary N) is 1. The summed E-state index contributed by atoms with van der Waals surface area (Å²) in [5.41, 5.74) is 3.21. The Balaban J connectivity index is 1.71. The highest BCUT2D eigenvalue weighted by Crippen LogP contribution is 2.38. The van der Waals surface area contributed by atoms with Crippen LogP contribution in [0.25, 0.3) is 11.0 Å². The Bertz CT molecular complexity index is 1100. The van der Waals surface area contributed by atoms with E-state index in [1.54, 1.807) is 16.8 Å². The Morgan fingerprint density at radius 3 is 2.54 bits per heavy atom. The number of benzene rings is 1. The van der Waals surface area contributed by atoms with Crippen molar-refractivity contribution in [2.45, 2.75) is 51.5 Å². The molecule has 0 radical (unpaired) electrons. The largest absolute Gasteiger partial charge is 0.283 e. The molecule has 28 heavy (non-hydrogen) atoms. The molecule has 1 saturated carbocycles. The number of carbonyl (C=O) groups excluding carboxylic acids is 1. The first kappa shape index (κ1) is 18.3. The lowest BCUT2D eigenvalue weighted by Gasteiger charge is -2.20. The van der Waals surface area contributed by atoms with Gasteiger partial charge in [0.15, 0.2) is 5.65 Å². The fourth-order valence-corrected chi connectivity index (χ4v) is 3.15. The van der Waals surface area contributed by atoms with Gasteiger partial charge < -0.3 is 0 Å². The van der Waals surface area contributed by atoms with E-state index in [-0.39, 0.29) is 35.2 Å². The number of aromatic nitrogens is 4. The summed E-state index contributed by atoms with van der Waals surface area (Å²) in [5, 5.41) is 4.70. The van der Waals surface area contributed by atoms with Crippen molar-refractivity contribution in [2.24, 2.45) is 0 Å². The Kier molecular flexibility index (Phi) is 4.28. The topological polar surface area (TPSA) is 81.8 Å². The highest BCUT2D eigenvalue weighted by atomic mass is 19.1. The molecule has 0 aliphatic heterocycles. The summed E-state index contributed by atoms with van der Waals surface area (Å²) in [6.45, 7) is 5.98. The van der Waals surface area contributed by atoms with Gasteiger partial charge in [-0.3, -0.25) is 15.0 Å². The Morgan fingerprint density at radius 2 is 1.93 bits per heavy atom. The van der Waals surface area contributed by atoms with E-state index in [0.717, 1.165) is 12.8 Å². The molecule has 1 N–H and O–H groups in total. The molecule has 1 fully saturated rings. The summed E-state index contributed by atoms with van der Waals surface area (Å²) in [6.07, 6.45) is 3.39. The van der Waals surface area contributed by atoms with E-state index in [9.17, 15) is 14.0 Å². The van der Waals surface area contributed by atoms with Gasteiger partial charge in [-0.05, 0) is 51.3 Å². The average molecular weight is 383 g/mol. The molecule has 0 unspecified atom stereocenters. The molecule has 0 bridgehead atoms. The van der Waals surface area contributed by atoms with Crippen LogP contribution >= 0.6 is 0 Å². The number of fused-ring (bicyclic) bond motifs is 1. The smallest absolute Gasteiger partial charge is 0.273 e. The van der Waals surface area contributed by atoms with Crippen molar-refractivity contribution >= 4 is 16.9 Å². The SMILES string of the molecule is CC(C)(C)n1ncc2c(=O)n(NC(=O)Cc3ccc(F)cc3)c(C3CC3)nc21. The van der Waals surface area contributed by atoms with Crippen LogP contribution in [-0.4, -0.2) is 25.3 Å². The van der Waals surface area contributed by atoms with E-state index < -0.39 is 0 Å². The van der Waals surface area contributed by atoms with Crippen LogP contribution in [0.5, 0.6) is 0 Å². The predicted octanol–water partition coefficient (Wildman–Crippen LogP) is 2.68. The predicted molar refractivity (Wildman–Crippen MR) is 103 cm³/mol. The number of nitrogens with zero attached hydrogens (tertiary/aromatic N) is 4. The van der Waals surface area contributed by atoms with Gasteiger partial charge in [-0.1, -0.05) is 12.1 Å². The molecule has 2 heterocycles. The first-order chi connectivity index (χ1) is 13.2. The van der Waals surface area contributed by atoms with Crippen LogP contribution in [0.4, 0.5) is 4.39 Å². The van der Waals surface area contributed by atoms with Crippen LogP contribution in [0.3, 0.4) is 0 Å². The maximum Gasteiger partial charge on any atom is 0.283 e. The van der Waals surface area contributed by atoms with Gasteiger partial charge in [-0.15, -0.1) is 0 Å². The second-order valence-corrected chi connectivity index (χ2v) is 8.19. The molecule has 4 rings (SSSR count).